The molecule has 0 bridgehead atoms. The highest BCUT2D eigenvalue weighted by Gasteiger charge is 2.17. The second kappa shape index (κ2) is 2.46. The summed E-state index contributed by atoms with van der Waals surface area (Å²) in [6.45, 7) is 0. The lowest BCUT2D eigenvalue weighted by Gasteiger charge is -2.23. The Labute approximate surface area is 49.7 Å². The van der Waals surface area contributed by atoms with Crippen LogP contribution in [0.1, 0.15) is 25.7 Å². The van der Waals surface area contributed by atoms with Gasteiger partial charge in [-0.2, -0.15) is 0 Å². The maximum absolute atomic E-state index is 9.05. The number of hydrogen-bond donors (Lipinski definition) is 2. The average molecular weight is 115 g/mol. The fourth-order valence-corrected chi connectivity index (χ4v) is 1.14. The van der Waals surface area contributed by atoms with Gasteiger partial charge in [-0.3, -0.25) is 0 Å². The van der Waals surface area contributed by atoms with Gasteiger partial charge in [-0.05, 0) is 12.8 Å². The number of rotatable bonds is 0. The van der Waals surface area contributed by atoms with E-state index in [0.29, 0.717) is 0 Å². The molecule has 0 radical (unpaired) electrons. The summed E-state index contributed by atoms with van der Waals surface area (Å²) in [7, 11) is 0. The first kappa shape index (κ1) is 6.05. The molecular weight excluding hydrogens is 102 g/mol. The molecule has 1 fully saturated rings. The summed E-state index contributed by atoms with van der Waals surface area (Å²) in [6, 6.07) is 0.0590. The van der Waals surface area contributed by atoms with Crippen LogP contribution in [0.25, 0.3) is 0 Å². The second-order valence-corrected chi connectivity index (χ2v) is 2.52. The van der Waals surface area contributed by atoms with E-state index >= 15 is 0 Å². The first-order chi connectivity index (χ1) is 3.80. The van der Waals surface area contributed by atoms with Gasteiger partial charge in [0.1, 0.15) is 0 Å². The lowest BCUT2D eigenvalue weighted by Crippen LogP contribution is -2.37. The van der Waals surface area contributed by atoms with E-state index in [4.69, 9.17) is 10.8 Å². The minimum atomic E-state index is -0.219. The molecule has 1 saturated carbocycles. The normalized spacial score (nSPS) is 39.8. The van der Waals surface area contributed by atoms with Crippen molar-refractivity contribution in [3.63, 3.8) is 0 Å². The fourth-order valence-electron chi connectivity index (χ4n) is 1.14. The van der Waals surface area contributed by atoms with Gasteiger partial charge in [0.15, 0.2) is 0 Å². The number of nitrogens with two attached hydrogens (primary N) is 1. The van der Waals surface area contributed by atoms with Gasteiger partial charge < -0.3 is 10.8 Å². The first-order valence-corrected chi connectivity index (χ1v) is 3.24. The van der Waals surface area contributed by atoms with Crippen LogP contribution in [0.2, 0.25) is 0 Å². The van der Waals surface area contributed by atoms with E-state index in [0.717, 1.165) is 19.3 Å². The molecule has 1 rings (SSSR count). The van der Waals surface area contributed by atoms with Gasteiger partial charge in [-0.15, -0.1) is 0 Å². The van der Waals surface area contributed by atoms with Crippen molar-refractivity contribution in [2.45, 2.75) is 37.8 Å². The molecule has 2 heteroatoms. The fraction of sp³-hybridized carbons (Fsp3) is 1.00. The molecule has 1 aliphatic rings. The summed E-state index contributed by atoms with van der Waals surface area (Å²) in [4.78, 5) is 0. The Bertz CT molecular complexity index is 64.9. The van der Waals surface area contributed by atoms with Crippen LogP contribution in [0.4, 0.5) is 0 Å². The van der Waals surface area contributed by atoms with Crippen molar-refractivity contribution in [3.05, 3.63) is 0 Å². The third kappa shape index (κ3) is 1.20. The molecule has 0 aromatic heterocycles. The van der Waals surface area contributed by atoms with E-state index in [-0.39, 0.29) is 12.1 Å². The van der Waals surface area contributed by atoms with Crippen molar-refractivity contribution in [2.24, 2.45) is 5.73 Å². The summed E-state index contributed by atoms with van der Waals surface area (Å²) in [5, 5.41) is 9.05. The van der Waals surface area contributed by atoms with E-state index in [1.165, 1.54) is 6.42 Å². The van der Waals surface area contributed by atoms with Crippen molar-refractivity contribution < 1.29 is 5.11 Å². The molecule has 1 aliphatic carbocycles. The minimum Gasteiger partial charge on any atom is -0.392 e. The standard InChI is InChI=1S/C6H13NO/c7-5-3-1-2-4-6(5)8/h5-6,8H,1-4,7H2/t5-,6?/m1/s1. The van der Waals surface area contributed by atoms with Crippen LogP contribution in [0.3, 0.4) is 0 Å². The predicted octanol–water partition coefficient (Wildman–Crippen LogP) is 0.249. The van der Waals surface area contributed by atoms with E-state index in [1.807, 2.05) is 0 Å². The zero-order valence-electron chi connectivity index (χ0n) is 5.01. The van der Waals surface area contributed by atoms with Crippen molar-refractivity contribution >= 4 is 0 Å². The maximum Gasteiger partial charge on any atom is 0.0691 e. The number of hydrogen-bond acceptors (Lipinski definition) is 2. The minimum absolute atomic E-state index is 0.0590. The van der Waals surface area contributed by atoms with Crippen LogP contribution in [-0.2, 0) is 0 Å². The van der Waals surface area contributed by atoms with Gasteiger partial charge in [0.2, 0.25) is 0 Å². The molecule has 2 atom stereocenters. The van der Waals surface area contributed by atoms with Crippen LogP contribution in [-0.4, -0.2) is 17.3 Å². The second-order valence-electron chi connectivity index (χ2n) is 2.52. The monoisotopic (exact) mass is 115 g/mol. The molecule has 48 valence electrons. The highest BCUT2D eigenvalue weighted by molar-refractivity contribution is 4.76. The van der Waals surface area contributed by atoms with Gasteiger partial charge in [0.05, 0.1) is 6.10 Å². The quantitative estimate of drug-likeness (QED) is 0.475. The molecule has 2 nitrogen and oxygen atoms in total. The lowest BCUT2D eigenvalue weighted by atomic mass is 9.94. The molecule has 0 heterocycles. The van der Waals surface area contributed by atoms with Crippen LogP contribution in [0.15, 0.2) is 0 Å². The maximum atomic E-state index is 9.05. The Balaban J connectivity index is 2.28. The van der Waals surface area contributed by atoms with Crippen LogP contribution < -0.4 is 5.73 Å². The van der Waals surface area contributed by atoms with E-state index < -0.39 is 0 Å². The summed E-state index contributed by atoms with van der Waals surface area (Å²) in [5.41, 5.74) is 5.53. The van der Waals surface area contributed by atoms with Crippen LogP contribution >= 0.6 is 0 Å². The van der Waals surface area contributed by atoms with Gasteiger partial charge in [-0.25, -0.2) is 0 Å². The van der Waals surface area contributed by atoms with Gasteiger partial charge in [0.25, 0.3) is 0 Å². The molecule has 0 amide bonds. The number of aliphatic hydroxyl groups excluding tert-OH is 1. The lowest BCUT2D eigenvalue weighted by molar-refractivity contribution is 0.108. The molecule has 0 aliphatic heterocycles. The topological polar surface area (TPSA) is 46.2 Å². The molecule has 0 aromatic carbocycles. The van der Waals surface area contributed by atoms with E-state index in [2.05, 4.69) is 0 Å². The van der Waals surface area contributed by atoms with Crippen LogP contribution in [0, 0.1) is 0 Å². The summed E-state index contributed by atoms with van der Waals surface area (Å²) in [6.07, 6.45) is 4.03. The van der Waals surface area contributed by atoms with Crippen LogP contribution in [0.5, 0.6) is 0 Å². The Morgan fingerprint density at radius 1 is 1.25 bits per heavy atom. The average Bonchev–Trinajstić information content (AvgIpc) is 1.77. The van der Waals surface area contributed by atoms with Gasteiger partial charge >= 0.3 is 0 Å². The van der Waals surface area contributed by atoms with Crippen molar-refractivity contribution in [2.75, 3.05) is 0 Å². The van der Waals surface area contributed by atoms with E-state index in [9.17, 15) is 0 Å². The zero-order valence-corrected chi connectivity index (χ0v) is 5.01. The Morgan fingerprint density at radius 3 is 2.25 bits per heavy atom. The van der Waals surface area contributed by atoms with Crippen molar-refractivity contribution in [3.8, 4) is 0 Å². The molecule has 3 N–H and O–H groups in total. The van der Waals surface area contributed by atoms with Gasteiger partial charge in [0, 0.05) is 6.04 Å². The number of aliphatic hydroxyl groups is 1. The zero-order chi connectivity index (χ0) is 5.98. The van der Waals surface area contributed by atoms with Gasteiger partial charge in [-0.1, -0.05) is 12.8 Å². The SMILES string of the molecule is N[C@@H]1CCCCC1O. The third-order valence-corrected chi connectivity index (χ3v) is 1.78. The predicted molar refractivity (Wildman–Crippen MR) is 32.5 cm³/mol. The summed E-state index contributed by atoms with van der Waals surface area (Å²) >= 11 is 0. The highest BCUT2D eigenvalue weighted by atomic mass is 16.3. The smallest absolute Gasteiger partial charge is 0.0691 e. The molecule has 0 saturated heterocycles. The summed E-state index contributed by atoms with van der Waals surface area (Å²) < 4.78 is 0. The third-order valence-electron chi connectivity index (χ3n) is 1.78. The summed E-state index contributed by atoms with van der Waals surface area (Å²) in [5.74, 6) is 0. The molecule has 8 heavy (non-hydrogen) atoms. The molecule has 0 aromatic rings. The Morgan fingerprint density at radius 2 is 1.88 bits per heavy atom. The largest absolute Gasteiger partial charge is 0.392 e. The highest BCUT2D eigenvalue weighted by Crippen LogP contribution is 2.15. The van der Waals surface area contributed by atoms with Crippen molar-refractivity contribution in [1.29, 1.82) is 0 Å². The first-order valence-electron chi connectivity index (χ1n) is 3.24. The van der Waals surface area contributed by atoms with E-state index in [1.54, 1.807) is 0 Å². The molecule has 0 spiro atoms. The Hall–Kier alpha value is -0.0800. The van der Waals surface area contributed by atoms with Crippen molar-refractivity contribution in [1.82, 2.24) is 0 Å². The molecule has 1 unspecified atom stereocenters. The molecular formula is C6H13NO. The Kier molecular flexibility index (Phi) is 1.86.